The molecule has 5 nitrogen and oxygen atoms in total. The Morgan fingerprint density at radius 3 is 2.60 bits per heavy atom. The van der Waals surface area contributed by atoms with Crippen molar-refractivity contribution in [1.82, 2.24) is 10.6 Å². The number of benzene rings is 1. The van der Waals surface area contributed by atoms with Crippen molar-refractivity contribution in [2.75, 3.05) is 0 Å². The van der Waals surface area contributed by atoms with Crippen molar-refractivity contribution in [1.29, 1.82) is 0 Å². The van der Waals surface area contributed by atoms with Crippen LogP contribution in [0.5, 0.6) is 0 Å². The van der Waals surface area contributed by atoms with E-state index in [9.17, 15) is 9.59 Å². The van der Waals surface area contributed by atoms with Gasteiger partial charge in [0, 0.05) is 12.6 Å². The molecule has 20 heavy (non-hydrogen) atoms. The molecule has 2 rings (SSSR count). The maximum atomic E-state index is 11.7. The van der Waals surface area contributed by atoms with E-state index in [-0.39, 0.29) is 11.6 Å². The molecule has 1 aromatic carbocycles. The van der Waals surface area contributed by atoms with Crippen molar-refractivity contribution in [3.63, 3.8) is 0 Å². The molecule has 108 valence electrons. The predicted octanol–water partition coefficient (Wildman–Crippen LogP) is 2.37. The molecule has 1 saturated carbocycles. The number of carboxylic acid groups (broad SMARTS) is 1. The van der Waals surface area contributed by atoms with Gasteiger partial charge in [0.25, 0.3) is 0 Å². The molecule has 1 aliphatic rings. The number of hydrogen-bond donors (Lipinski definition) is 3. The zero-order chi connectivity index (χ0) is 14.5. The van der Waals surface area contributed by atoms with E-state index in [2.05, 4.69) is 17.6 Å². The normalized spacial score (nSPS) is 20.2. The summed E-state index contributed by atoms with van der Waals surface area (Å²) in [6.07, 6.45) is 3.40. The largest absolute Gasteiger partial charge is 0.478 e. The lowest BCUT2D eigenvalue weighted by atomic mass is 10.1. The van der Waals surface area contributed by atoms with Crippen LogP contribution in [-0.2, 0) is 6.54 Å². The molecule has 0 aliphatic heterocycles. The Kier molecular flexibility index (Phi) is 4.61. The van der Waals surface area contributed by atoms with Crippen molar-refractivity contribution < 1.29 is 14.7 Å². The fraction of sp³-hybridized carbons (Fsp3) is 0.467. The van der Waals surface area contributed by atoms with E-state index >= 15 is 0 Å². The molecule has 3 N–H and O–H groups in total. The van der Waals surface area contributed by atoms with Gasteiger partial charge in [0.05, 0.1) is 5.56 Å². The number of urea groups is 1. The van der Waals surface area contributed by atoms with Gasteiger partial charge in [-0.2, -0.15) is 0 Å². The topological polar surface area (TPSA) is 78.4 Å². The molecule has 1 fully saturated rings. The minimum absolute atomic E-state index is 0.157. The number of rotatable bonds is 6. The number of amides is 2. The summed E-state index contributed by atoms with van der Waals surface area (Å²) in [4.78, 5) is 22.4. The second kappa shape index (κ2) is 6.41. The van der Waals surface area contributed by atoms with E-state index in [1.807, 2.05) is 0 Å². The first-order chi connectivity index (χ1) is 9.60. The summed E-state index contributed by atoms with van der Waals surface area (Å²) >= 11 is 0. The van der Waals surface area contributed by atoms with E-state index in [4.69, 9.17) is 5.11 Å². The SMILES string of the molecule is CCC[C@@H]1C[C@H]1NC(=O)NCc1ccc(C(=O)O)cc1. The second-order valence-electron chi connectivity index (χ2n) is 5.22. The lowest BCUT2D eigenvalue weighted by Crippen LogP contribution is -2.37. The summed E-state index contributed by atoms with van der Waals surface area (Å²) in [5.41, 5.74) is 1.13. The molecule has 0 saturated heterocycles. The van der Waals surface area contributed by atoms with Gasteiger partial charge < -0.3 is 15.7 Å². The third kappa shape index (κ3) is 3.98. The molecular weight excluding hydrogens is 256 g/mol. The van der Waals surface area contributed by atoms with E-state index in [0.29, 0.717) is 18.5 Å². The standard InChI is InChI=1S/C15H20N2O3/c1-2-3-12-8-13(12)17-15(20)16-9-10-4-6-11(7-5-10)14(18)19/h4-7,12-13H,2-3,8-9H2,1H3,(H,18,19)(H2,16,17,20)/t12-,13-/m1/s1. The molecule has 0 spiro atoms. The van der Waals surface area contributed by atoms with Gasteiger partial charge in [0.1, 0.15) is 0 Å². The van der Waals surface area contributed by atoms with Crippen LogP contribution < -0.4 is 10.6 Å². The van der Waals surface area contributed by atoms with Gasteiger partial charge in [-0.3, -0.25) is 0 Å². The maximum Gasteiger partial charge on any atom is 0.335 e. The maximum absolute atomic E-state index is 11.7. The first-order valence-electron chi connectivity index (χ1n) is 6.96. The molecule has 0 radical (unpaired) electrons. The average Bonchev–Trinajstić information content (AvgIpc) is 3.15. The lowest BCUT2D eigenvalue weighted by Gasteiger charge is -2.07. The van der Waals surface area contributed by atoms with Crippen LogP contribution in [0.15, 0.2) is 24.3 Å². The summed E-state index contributed by atoms with van der Waals surface area (Å²) in [6.45, 7) is 2.55. The Morgan fingerprint density at radius 1 is 1.30 bits per heavy atom. The summed E-state index contributed by atoms with van der Waals surface area (Å²) in [5.74, 6) is -0.307. The fourth-order valence-corrected chi connectivity index (χ4v) is 2.28. The molecule has 0 aromatic heterocycles. The summed E-state index contributed by atoms with van der Waals surface area (Å²) in [6, 6.07) is 6.66. The Hall–Kier alpha value is -2.04. The summed E-state index contributed by atoms with van der Waals surface area (Å²) < 4.78 is 0. The molecule has 1 aliphatic carbocycles. The van der Waals surface area contributed by atoms with Crippen LogP contribution in [0.4, 0.5) is 4.79 Å². The van der Waals surface area contributed by atoms with Gasteiger partial charge in [0.15, 0.2) is 0 Å². The van der Waals surface area contributed by atoms with Gasteiger partial charge in [-0.1, -0.05) is 25.5 Å². The molecule has 0 bridgehead atoms. The molecule has 2 amide bonds. The van der Waals surface area contributed by atoms with Crippen molar-refractivity contribution in [3.05, 3.63) is 35.4 Å². The highest BCUT2D eigenvalue weighted by Gasteiger charge is 2.36. The minimum Gasteiger partial charge on any atom is -0.478 e. The number of carbonyl (C=O) groups is 2. The van der Waals surface area contributed by atoms with E-state index in [1.165, 1.54) is 18.6 Å². The van der Waals surface area contributed by atoms with Crippen LogP contribution in [0.1, 0.15) is 42.1 Å². The van der Waals surface area contributed by atoms with Crippen molar-refractivity contribution in [2.24, 2.45) is 5.92 Å². The summed E-state index contributed by atoms with van der Waals surface area (Å²) in [5, 5.41) is 14.5. The first kappa shape index (κ1) is 14.4. The minimum atomic E-state index is -0.946. The highest BCUT2D eigenvalue weighted by atomic mass is 16.4. The Morgan fingerprint density at radius 2 is 2.00 bits per heavy atom. The van der Waals surface area contributed by atoms with Crippen LogP contribution in [0.2, 0.25) is 0 Å². The molecular formula is C15H20N2O3. The van der Waals surface area contributed by atoms with Crippen LogP contribution in [0, 0.1) is 5.92 Å². The molecule has 0 unspecified atom stereocenters. The Labute approximate surface area is 118 Å². The number of nitrogens with one attached hydrogen (secondary N) is 2. The van der Waals surface area contributed by atoms with Gasteiger partial charge >= 0.3 is 12.0 Å². The average molecular weight is 276 g/mol. The Bertz CT molecular complexity index is 484. The highest BCUT2D eigenvalue weighted by molar-refractivity contribution is 5.87. The van der Waals surface area contributed by atoms with Gasteiger partial charge in [-0.25, -0.2) is 9.59 Å². The Balaban J connectivity index is 1.72. The fourth-order valence-electron chi connectivity index (χ4n) is 2.28. The lowest BCUT2D eigenvalue weighted by molar-refractivity contribution is 0.0697. The van der Waals surface area contributed by atoms with Gasteiger partial charge in [0.2, 0.25) is 0 Å². The smallest absolute Gasteiger partial charge is 0.335 e. The van der Waals surface area contributed by atoms with E-state index in [1.54, 1.807) is 12.1 Å². The quantitative estimate of drug-likeness (QED) is 0.746. The van der Waals surface area contributed by atoms with Crippen molar-refractivity contribution in [3.8, 4) is 0 Å². The van der Waals surface area contributed by atoms with Gasteiger partial charge in [-0.15, -0.1) is 0 Å². The van der Waals surface area contributed by atoms with Crippen LogP contribution in [0.3, 0.4) is 0 Å². The van der Waals surface area contributed by atoms with Crippen molar-refractivity contribution in [2.45, 2.75) is 38.8 Å². The number of hydrogen-bond acceptors (Lipinski definition) is 2. The number of carbonyl (C=O) groups excluding carboxylic acids is 1. The molecule has 5 heteroatoms. The summed E-state index contributed by atoms with van der Waals surface area (Å²) in [7, 11) is 0. The highest BCUT2D eigenvalue weighted by Crippen LogP contribution is 2.34. The van der Waals surface area contributed by atoms with Crippen molar-refractivity contribution >= 4 is 12.0 Å². The third-order valence-corrected chi connectivity index (χ3v) is 3.55. The zero-order valence-electron chi connectivity index (χ0n) is 11.6. The number of aromatic carboxylic acids is 1. The zero-order valence-corrected chi connectivity index (χ0v) is 11.6. The predicted molar refractivity (Wildman–Crippen MR) is 75.6 cm³/mol. The molecule has 1 aromatic rings. The van der Waals surface area contributed by atoms with Crippen LogP contribution in [0.25, 0.3) is 0 Å². The van der Waals surface area contributed by atoms with E-state index in [0.717, 1.165) is 18.4 Å². The molecule has 0 heterocycles. The second-order valence-corrected chi connectivity index (χ2v) is 5.22. The first-order valence-corrected chi connectivity index (χ1v) is 6.96. The van der Waals surface area contributed by atoms with Crippen LogP contribution in [-0.4, -0.2) is 23.1 Å². The molecule has 2 atom stereocenters. The number of carboxylic acids is 1. The monoisotopic (exact) mass is 276 g/mol. The van der Waals surface area contributed by atoms with E-state index < -0.39 is 5.97 Å². The van der Waals surface area contributed by atoms with Crippen LogP contribution >= 0.6 is 0 Å². The van der Waals surface area contributed by atoms with Gasteiger partial charge in [-0.05, 0) is 36.5 Å². The third-order valence-electron chi connectivity index (χ3n) is 3.55.